The van der Waals surface area contributed by atoms with Crippen LogP contribution in [0.25, 0.3) is 49.6 Å². The van der Waals surface area contributed by atoms with Crippen molar-refractivity contribution in [1.82, 2.24) is 4.40 Å². The predicted octanol–water partition coefficient (Wildman–Crippen LogP) is 7.89. The fourth-order valence-corrected chi connectivity index (χ4v) is 4.70. The van der Waals surface area contributed by atoms with Gasteiger partial charge in [0.15, 0.2) is 0 Å². The highest BCUT2D eigenvalue weighted by molar-refractivity contribution is 6.04. The average molecular weight is 383 g/mol. The lowest BCUT2D eigenvalue weighted by Gasteiger charge is -2.12. The fraction of sp³-hybridized carbons (Fsp3) is 0.0345. The van der Waals surface area contributed by atoms with Gasteiger partial charge in [-0.05, 0) is 52.8 Å². The Morgan fingerprint density at radius 2 is 1.13 bits per heavy atom. The number of benzene rings is 4. The summed E-state index contributed by atoms with van der Waals surface area (Å²) in [5, 5.41) is 2.57. The average Bonchev–Trinajstić information content (AvgIpc) is 3.12. The van der Waals surface area contributed by atoms with Gasteiger partial charge in [-0.1, -0.05) is 91.0 Å². The number of hydrogen-bond donors (Lipinski definition) is 0. The van der Waals surface area contributed by atoms with Crippen LogP contribution in [0.4, 0.5) is 0 Å². The molecule has 4 aromatic carbocycles. The summed E-state index contributed by atoms with van der Waals surface area (Å²) in [6, 6.07) is 39.3. The zero-order valence-electron chi connectivity index (χ0n) is 16.8. The van der Waals surface area contributed by atoms with Gasteiger partial charge < -0.3 is 4.40 Å². The van der Waals surface area contributed by atoms with Gasteiger partial charge in [-0.25, -0.2) is 0 Å². The van der Waals surface area contributed by atoms with Crippen LogP contribution in [0, 0.1) is 6.92 Å². The van der Waals surface area contributed by atoms with Gasteiger partial charge in [0.1, 0.15) is 0 Å². The topological polar surface area (TPSA) is 4.41 Å². The highest BCUT2D eigenvalue weighted by atomic mass is 14.9. The van der Waals surface area contributed by atoms with E-state index >= 15 is 0 Å². The van der Waals surface area contributed by atoms with Crippen molar-refractivity contribution in [3.63, 3.8) is 0 Å². The van der Waals surface area contributed by atoms with E-state index in [1.54, 1.807) is 0 Å². The van der Waals surface area contributed by atoms with Crippen molar-refractivity contribution < 1.29 is 0 Å². The van der Waals surface area contributed by atoms with E-state index in [-0.39, 0.29) is 0 Å². The van der Waals surface area contributed by atoms with Crippen LogP contribution in [-0.4, -0.2) is 4.40 Å². The van der Waals surface area contributed by atoms with Gasteiger partial charge in [0, 0.05) is 10.9 Å². The van der Waals surface area contributed by atoms with Gasteiger partial charge in [-0.2, -0.15) is 0 Å². The molecule has 6 rings (SSSR count). The summed E-state index contributed by atoms with van der Waals surface area (Å²) in [6.07, 6.45) is 0. The van der Waals surface area contributed by atoms with Crippen LogP contribution < -0.4 is 0 Å². The van der Waals surface area contributed by atoms with E-state index in [9.17, 15) is 0 Å². The minimum Gasteiger partial charge on any atom is -0.308 e. The lowest BCUT2D eigenvalue weighted by Crippen LogP contribution is -1.92. The smallest absolute Gasteiger partial charge is 0.0576 e. The first-order valence-corrected chi connectivity index (χ1v) is 10.4. The Hall–Kier alpha value is -3.84. The van der Waals surface area contributed by atoms with Crippen molar-refractivity contribution in [2.24, 2.45) is 0 Å². The summed E-state index contributed by atoms with van der Waals surface area (Å²) in [7, 11) is 0. The third-order valence-electron chi connectivity index (χ3n) is 6.16. The lowest BCUT2D eigenvalue weighted by atomic mass is 9.98. The zero-order chi connectivity index (χ0) is 20.1. The van der Waals surface area contributed by atoms with E-state index in [4.69, 9.17) is 0 Å². The number of pyridine rings is 1. The molecule has 30 heavy (non-hydrogen) atoms. The number of hydrogen-bond acceptors (Lipinski definition) is 0. The molecule has 2 heterocycles. The molecule has 0 unspecified atom stereocenters. The van der Waals surface area contributed by atoms with Crippen molar-refractivity contribution in [2.75, 3.05) is 0 Å². The molecule has 0 aliphatic rings. The van der Waals surface area contributed by atoms with E-state index in [1.165, 1.54) is 55.1 Å². The minimum atomic E-state index is 1.24. The Kier molecular flexibility index (Phi) is 3.75. The van der Waals surface area contributed by atoms with Gasteiger partial charge in [0.05, 0.1) is 16.6 Å². The summed E-state index contributed by atoms with van der Waals surface area (Å²) in [5.74, 6) is 0. The van der Waals surface area contributed by atoms with E-state index < -0.39 is 0 Å². The summed E-state index contributed by atoms with van der Waals surface area (Å²) >= 11 is 0. The second-order valence-electron chi connectivity index (χ2n) is 7.89. The van der Waals surface area contributed by atoms with Gasteiger partial charge in [-0.15, -0.1) is 0 Å². The normalized spacial score (nSPS) is 11.5. The van der Waals surface area contributed by atoms with Gasteiger partial charge >= 0.3 is 0 Å². The Bertz CT molecular complexity index is 1520. The van der Waals surface area contributed by atoms with E-state index in [1.807, 2.05) is 0 Å². The van der Waals surface area contributed by atoms with Gasteiger partial charge in [0.25, 0.3) is 0 Å². The second kappa shape index (κ2) is 6.60. The molecule has 0 spiro atoms. The number of aromatic nitrogens is 1. The molecule has 1 nitrogen and oxygen atoms in total. The quantitative estimate of drug-likeness (QED) is 0.286. The molecule has 0 aliphatic carbocycles. The van der Waals surface area contributed by atoms with Gasteiger partial charge in [-0.3, -0.25) is 0 Å². The molecule has 0 N–H and O–H groups in total. The van der Waals surface area contributed by atoms with Gasteiger partial charge in [0.2, 0.25) is 0 Å². The van der Waals surface area contributed by atoms with E-state index in [2.05, 4.69) is 121 Å². The summed E-state index contributed by atoms with van der Waals surface area (Å²) in [4.78, 5) is 0. The number of rotatable bonds is 2. The van der Waals surface area contributed by atoms with Crippen molar-refractivity contribution in [1.29, 1.82) is 0 Å². The molecule has 0 radical (unpaired) electrons. The van der Waals surface area contributed by atoms with Crippen LogP contribution in [0.1, 0.15) is 5.56 Å². The van der Waals surface area contributed by atoms with E-state index in [0.717, 1.165) is 0 Å². The Morgan fingerprint density at radius 3 is 1.93 bits per heavy atom. The lowest BCUT2D eigenvalue weighted by molar-refractivity contribution is 1.32. The largest absolute Gasteiger partial charge is 0.308 e. The van der Waals surface area contributed by atoms with Crippen LogP contribution in [0.2, 0.25) is 0 Å². The monoisotopic (exact) mass is 383 g/mol. The maximum atomic E-state index is 2.43. The fourth-order valence-electron chi connectivity index (χ4n) is 4.70. The molecular weight excluding hydrogens is 362 g/mol. The summed E-state index contributed by atoms with van der Waals surface area (Å²) in [5.41, 5.74) is 10.2. The summed E-state index contributed by atoms with van der Waals surface area (Å²) in [6.45, 7) is 2.24. The highest BCUT2D eigenvalue weighted by Crippen LogP contribution is 2.37. The number of para-hydroxylation sites is 2. The standard InChI is InChI=1S/C29H21N/c1-20-25-12-6-8-14-28(25)30-27-13-7-5-11-24(27)19-26(29(20)30)23-17-15-22(16-18-23)21-9-3-2-4-10-21/h2-19H,1H3. The molecule has 142 valence electrons. The van der Waals surface area contributed by atoms with Crippen LogP contribution in [-0.2, 0) is 0 Å². The van der Waals surface area contributed by atoms with Crippen molar-refractivity contribution in [3.05, 3.63) is 115 Å². The molecular formula is C29H21N. The Morgan fingerprint density at radius 1 is 0.533 bits per heavy atom. The van der Waals surface area contributed by atoms with Crippen molar-refractivity contribution in [3.8, 4) is 22.3 Å². The SMILES string of the molecule is Cc1c2ccccc2n2c1c(-c1ccc(-c3ccccc3)cc1)cc1ccccc12. The highest BCUT2D eigenvalue weighted by Gasteiger charge is 2.16. The molecule has 0 fully saturated rings. The molecule has 0 saturated heterocycles. The van der Waals surface area contributed by atoms with Crippen LogP contribution >= 0.6 is 0 Å². The van der Waals surface area contributed by atoms with E-state index in [0.29, 0.717) is 0 Å². The van der Waals surface area contributed by atoms with Crippen molar-refractivity contribution >= 4 is 27.3 Å². The number of aryl methyl sites for hydroxylation is 1. The molecule has 0 amide bonds. The number of fused-ring (bicyclic) bond motifs is 5. The maximum absolute atomic E-state index is 2.43. The van der Waals surface area contributed by atoms with Crippen LogP contribution in [0.3, 0.4) is 0 Å². The number of nitrogens with zero attached hydrogens (tertiary/aromatic N) is 1. The first kappa shape index (κ1) is 17.1. The molecule has 1 heteroatoms. The second-order valence-corrected chi connectivity index (χ2v) is 7.89. The first-order valence-electron chi connectivity index (χ1n) is 10.4. The third kappa shape index (κ3) is 2.49. The predicted molar refractivity (Wildman–Crippen MR) is 128 cm³/mol. The molecule has 6 aromatic rings. The Balaban J connectivity index is 1.66. The minimum absolute atomic E-state index is 1.24. The van der Waals surface area contributed by atoms with Crippen molar-refractivity contribution in [2.45, 2.75) is 6.92 Å². The molecule has 0 atom stereocenters. The van der Waals surface area contributed by atoms with Crippen LogP contribution in [0.5, 0.6) is 0 Å². The molecule has 0 saturated carbocycles. The molecule has 0 aliphatic heterocycles. The zero-order valence-corrected chi connectivity index (χ0v) is 16.8. The molecule has 2 aromatic heterocycles. The third-order valence-corrected chi connectivity index (χ3v) is 6.16. The maximum Gasteiger partial charge on any atom is 0.0576 e. The molecule has 0 bridgehead atoms. The first-order chi connectivity index (χ1) is 14.8. The van der Waals surface area contributed by atoms with Crippen LogP contribution in [0.15, 0.2) is 109 Å². The summed E-state index contributed by atoms with van der Waals surface area (Å²) < 4.78 is 2.43. The Labute approximate surface area is 175 Å².